The maximum Gasteiger partial charge on any atom is 0.217 e. The van der Waals surface area contributed by atoms with Crippen LogP contribution in [0, 0.1) is 11.8 Å². The minimum atomic E-state index is -1.27. The highest BCUT2D eigenvalue weighted by Crippen LogP contribution is 2.82. The van der Waals surface area contributed by atoms with Gasteiger partial charge in [0.15, 0.2) is 0 Å². The predicted molar refractivity (Wildman–Crippen MR) is 96.2 cm³/mol. The fourth-order valence-corrected chi connectivity index (χ4v) is 8.54. The summed E-state index contributed by atoms with van der Waals surface area (Å²) in [6.07, 6.45) is 1.02. The Hall–Kier alpha value is 0.0400. The highest BCUT2D eigenvalue weighted by atomic mass is 35.5. The zero-order valence-electron chi connectivity index (χ0n) is 13.2. The summed E-state index contributed by atoms with van der Waals surface area (Å²) in [5, 5.41) is 0.742. The smallest absolute Gasteiger partial charge is 0.217 e. The molecule has 2 saturated carbocycles. The van der Waals surface area contributed by atoms with E-state index < -0.39 is 15.5 Å². The molecule has 0 aromatic heterocycles. The van der Waals surface area contributed by atoms with Crippen LogP contribution in [0.5, 0.6) is 0 Å². The molecule has 24 heavy (non-hydrogen) atoms. The molecule has 6 atom stereocenters. The molecule has 4 aliphatic carbocycles. The first-order valence-corrected chi connectivity index (χ1v) is 9.54. The molecular formula is C18H16Cl4O2. The van der Waals surface area contributed by atoms with E-state index in [-0.39, 0.29) is 23.7 Å². The molecule has 2 nitrogen and oxygen atoms in total. The van der Waals surface area contributed by atoms with Gasteiger partial charge in [-0.25, -0.2) is 0 Å². The third-order valence-electron chi connectivity index (χ3n) is 6.84. The van der Waals surface area contributed by atoms with Crippen LogP contribution in [-0.2, 0) is 9.47 Å². The fourth-order valence-electron chi connectivity index (χ4n) is 6.23. The Bertz CT molecular complexity index is 730. The second kappa shape index (κ2) is 4.65. The molecule has 0 unspecified atom stereocenters. The summed E-state index contributed by atoms with van der Waals surface area (Å²) in [5.41, 5.74) is 2.69. The third kappa shape index (κ3) is 1.29. The third-order valence-corrected chi connectivity index (χ3v) is 9.48. The molecule has 4 bridgehead atoms. The number of hydrogen-bond acceptors (Lipinski definition) is 2. The van der Waals surface area contributed by atoms with Crippen molar-refractivity contribution < 1.29 is 9.47 Å². The van der Waals surface area contributed by atoms with Gasteiger partial charge in [-0.05, 0) is 29.4 Å². The normalized spacial score (nSPS) is 46.6. The van der Waals surface area contributed by atoms with Gasteiger partial charge in [0, 0.05) is 26.1 Å². The predicted octanol–water partition coefficient (Wildman–Crippen LogP) is 5.16. The lowest BCUT2D eigenvalue weighted by atomic mass is 9.70. The number of halogens is 4. The van der Waals surface area contributed by atoms with Crippen molar-refractivity contribution in [1.82, 2.24) is 0 Å². The molecule has 0 N–H and O–H groups in total. The second-order valence-electron chi connectivity index (χ2n) is 7.21. The minimum Gasteiger partial charge on any atom is -0.350 e. The minimum absolute atomic E-state index is 0.0338. The van der Waals surface area contributed by atoms with Crippen LogP contribution in [0.3, 0.4) is 0 Å². The molecule has 0 saturated heterocycles. The average Bonchev–Trinajstić information content (AvgIpc) is 3.24. The summed E-state index contributed by atoms with van der Waals surface area (Å²) < 4.78 is 11.7. The van der Waals surface area contributed by atoms with E-state index in [4.69, 9.17) is 55.9 Å². The molecule has 6 heteroatoms. The summed E-state index contributed by atoms with van der Waals surface area (Å²) in [6, 6.07) is 8.51. The molecule has 0 aliphatic heterocycles. The van der Waals surface area contributed by atoms with E-state index in [0.29, 0.717) is 10.1 Å². The Labute approximate surface area is 161 Å². The second-order valence-corrected chi connectivity index (χ2v) is 9.15. The Kier molecular flexibility index (Phi) is 3.15. The van der Waals surface area contributed by atoms with Crippen molar-refractivity contribution in [2.45, 2.75) is 33.8 Å². The zero-order valence-corrected chi connectivity index (χ0v) is 16.2. The molecule has 0 amide bonds. The molecular weight excluding hydrogens is 390 g/mol. The van der Waals surface area contributed by atoms with Crippen molar-refractivity contribution >= 4 is 46.4 Å². The maximum absolute atomic E-state index is 7.21. The van der Waals surface area contributed by atoms with Crippen LogP contribution in [0.25, 0.3) is 0 Å². The monoisotopic (exact) mass is 404 g/mol. The van der Waals surface area contributed by atoms with Crippen LogP contribution in [0.1, 0.15) is 29.4 Å². The van der Waals surface area contributed by atoms with Gasteiger partial charge >= 0.3 is 0 Å². The number of methoxy groups -OCH3 is 2. The van der Waals surface area contributed by atoms with E-state index in [2.05, 4.69) is 24.3 Å². The Morgan fingerprint density at radius 1 is 0.875 bits per heavy atom. The quantitative estimate of drug-likeness (QED) is 0.384. The molecule has 128 valence electrons. The van der Waals surface area contributed by atoms with E-state index in [9.17, 15) is 0 Å². The fraction of sp³-hybridized carbons (Fsp3) is 0.556. The number of ether oxygens (including phenoxy) is 2. The van der Waals surface area contributed by atoms with Gasteiger partial charge in [0.05, 0.1) is 10.1 Å². The average molecular weight is 406 g/mol. The van der Waals surface area contributed by atoms with Gasteiger partial charge in [0.25, 0.3) is 0 Å². The molecule has 1 aromatic carbocycles. The summed E-state index contributed by atoms with van der Waals surface area (Å²) >= 11 is 27.7. The van der Waals surface area contributed by atoms with Crippen molar-refractivity contribution in [2.24, 2.45) is 11.8 Å². The topological polar surface area (TPSA) is 18.5 Å². The molecule has 2 fully saturated rings. The van der Waals surface area contributed by atoms with E-state index >= 15 is 0 Å². The van der Waals surface area contributed by atoms with Gasteiger partial charge in [0.2, 0.25) is 5.79 Å². The lowest BCUT2D eigenvalue weighted by molar-refractivity contribution is -0.221. The van der Waals surface area contributed by atoms with Crippen LogP contribution < -0.4 is 0 Å². The maximum atomic E-state index is 7.21. The zero-order chi connectivity index (χ0) is 17.1. The SMILES string of the molecule is COC1(OC)[C@@]2(Cl)C(Cl)=C(Cl)[C@@]1(Cl)[C@H]1[C@H]2[C@H]2C[C@H]1c1ccccc12. The van der Waals surface area contributed by atoms with E-state index in [0.717, 1.165) is 6.42 Å². The van der Waals surface area contributed by atoms with Crippen molar-refractivity contribution in [2.75, 3.05) is 14.2 Å². The number of rotatable bonds is 2. The van der Waals surface area contributed by atoms with Crippen LogP contribution in [0.15, 0.2) is 34.3 Å². The van der Waals surface area contributed by atoms with Crippen LogP contribution in [0.2, 0.25) is 0 Å². The van der Waals surface area contributed by atoms with Crippen molar-refractivity contribution in [3.63, 3.8) is 0 Å². The summed E-state index contributed by atoms with van der Waals surface area (Å²) in [7, 11) is 3.13. The summed E-state index contributed by atoms with van der Waals surface area (Å²) in [4.78, 5) is -2.15. The molecule has 0 radical (unpaired) electrons. The number of hydrogen-bond donors (Lipinski definition) is 0. The summed E-state index contributed by atoms with van der Waals surface area (Å²) in [6.45, 7) is 0. The highest BCUT2D eigenvalue weighted by molar-refractivity contribution is 6.52. The van der Waals surface area contributed by atoms with Gasteiger partial charge in [-0.3, -0.25) is 0 Å². The molecule has 0 heterocycles. The van der Waals surface area contributed by atoms with Gasteiger partial charge in [-0.2, -0.15) is 0 Å². The lowest BCUT2D eigenvalue weighted by Gasteiger charge is -2.42. The Morgan fingerprint density at radius 3 is 1.67 bits per heavy atom. The number of benzene rings is 1. The largest absolute Gasteiger partial charge is 0.350 e. The number of fused-ring (bicyclic) bond motifs is 12. The van der Waals surface area contributed by atoms with Crippen LogP contribution in [-0.4, -0.2) is 29.8 Å². The molecule has 1 aromatic rings. The first-order valence-electron chi connectivity index (χ1n) is 8.03. The first kappa shape index (κ1) is 16.2. The Morgan fingerprint density at radius 2 is 1.29 bits per heavy atom. The van der Waals surface area contributed by atoms with E-state index in [1.165, 1.54) is 11.1 Å². The molecule has 0 spiro atoms. The molecule has 4 aliphatic rings. The number of alkyl halides is 2. The van der Waals surface area contributed by atoms with E-state index in [1.54, 1.807) is 14.2 Å². The lowest BCUT2D eigenvalue weighted by Crippen LogP contribution is -2.58. The van der Waals surface area contributed by atoms with Gasteiger partial charge in [-0.1, -0.05) is 47.5 Å². The highest BCUT2D eigenvalue weighted by Gasteiger charge is 2.88. The standard InChI is InChI=1S/C18H16Cl4O2/c1-23-18(24-2)16(21)12-10-7-11(9-6-4-3-5-8(9)10)13(12)17(18,22)15(20)14(16)19/h3-6,10-13H,7H2,1-2H3/t10-,11-,12+,13+,16-,17-/m0/s1. The van der Waals surface area contributed by atoms with Crippen LogP contribution in [0.4, 0.5) is 0 Å². The van der Waals surface area contributed by atoms with Crippen molar-refractivity contribution in [3.8, 4) is 0 Å². The van der Waals surface area contributed by atoms with Gasteiger partial charge < -0.3 is 9.47 Å². The van der Waals surface area contributed by atoms with Gasteiger partial charge in [0.1, 0.15) is 9.75 Å². The van der Waals surface area contributed by atoms with E-state index in [1.807, 2.05) is 0 Å². The van der Waals surface area contributed by atoms with Crippen LogP contribution >= 0.6 is 46.4 Å². The van der Waals surface area contributed by atoms with Crippen molar-refractivity contribution in [3.05, 3.63) is 45.5 Å². The Balaban J connectivity index is 1.81. The molecule has 5 rings (SSSR count). The summed E-state index contributed by atoms with van der Waals surface area (Å²) in [5.74, 6) is -0.626. The first-order chi connectivity index (χ1) is 11.4. The van der Waals surface area contributed by atoms with Crippen molar-refractivity contribution in [1.29, 1.82) is 0 Å². The van der Waals surface area contributed by atoms with Gasteiger partial charge in [-0.15, -0.1) is 23.2 Å².